The first-order valence-electron chi connectivity index (χ1n) is 7.78. The number of sulfonamides is 1. The maximum absolute atomic E-state index is 12.5. The molecule has 21 heavy (non-hydrogen) atoms. The second kappa shape index (κ2) is 6.62. The molecule has 2 rings (SSSR count). The molecule has 0 saturated carbocycles. The van der Waals surface area contributed by atoms with Gasteiger partial charge in [-0.05, 0) is 33.7 Å². The van der Waals surface area contributed by atoms with Crippen LogP contribution in [-0.2, 0) is 14.8 Å². The van der Waals surface area contributed by atoms with Gasteiger partial charge in [-0.25, -0.2) is 12.7 Å². The van der Waals surface area contributed by atoms with Gasteiger partial charge in [0.15, 0.2) is 0 Å². The molecule has 0 spiro atoms. The Morgan fingerprint density at radius 3 is 2.00 bits per heavy atom. The van der Waals surface area contributed by atoms with Gasteiger partial charge in [0.2, 0.25) is 15.9 Å². The summed E-state index contributed by atoms with van der Waals surface area (Å²) in [5, 5.41) is -0.387. The quantitative estimate of drug-likeness (QED) is 0.747. The van der Waals surface area contributed by atoms with Gasteiger partial charge in [0, 0.05) is 45.2 Å². The Morgan fingerprint density at radius 2 is 1.52 bits per heavy atom. The number of carbonyl (C=O) groups is 1. The molecule has 2 saturated heterocycles. The molecule has 0 aliphatic carbocycles. The molecule has 0 atom stereocenters. The van der Waals surface area contributed by atoms with Crippen LogP contribution in [0.4, 0.5) is 0 Å². The maximum Gasteiger partial charge on any atom is 0.225 e. The first-order chi connectivity index (χ1) is 9.82. The number of likely N-dealkylation sites (N-methyl/N-ethyl adjacent to an activating group) is 1. The van der Waals surface area contributed by atoms with Crippen LogP contribution < -0.4 is 0 Å². The number of carbonyl (C=O) groups excluding carboxylic acids is 1. The molecule has 2 fully saturated rings. The normalized spacial score (nSPS) is 23.7. The van der Waals surface area contributed by atoms with Crippen molar-refractivity contribution < 1.29 is 13.2 Å². The minimum Gasteiger partial charge on any atom is -0.340 e. The van der Waals surface area contributed by atoms with Crippen molar-refractivity contribution in [2.24, 2.45) is 5.92 Å². The Kier molecular flexibility index (Phi) is 5.27. The molecule has 0 bridgehead atoms. The standard InChI is InChI=1S/C14H27N3O3S/c1-12(2)21(19,20)17-6-4-13(5-7-17)14(18)16-10-8-15(3)9-11-16/h12-13H,4-11H2,1-3H3. The molecule has 0 N–H and O–H groups in total. The van der Waals surface area contributed by atoms with Gasteiger partial charge in [-0.1, -0.05) is 0 Å². The van der Waals surface area contributed by atoms with E-state index in [0.29, 0.717) is 25.9 Å². The third-order valence-corrected chi connectivity index (χ3v) is 6.85. The summed E-state index contributed by atoms with van der Waals surface area (Å²) >= 11 is 0. The third-order valence-electron chi connectivity index (χ3n) is 4.57. The van der Waals surface area contributed by atoms with Crippen molar-refractivity contribution in [1.82, 2.24) is 14.1 Å². The van der Waals surface area contributed by atoms with Crippen LogP contribution in [-0.4, -0.2) is 80.0 Å². The zero-order chi connectivity index (χ0) is 15.6. The van der Waals surface area contributed by atoms with Crippen LogP contribution in [0, 0.1) is 5.92 Å². The van der Waals surface area contributed by atoms with Crippen LogP contribution in [0.5, 0.6) is 0 Å². The molecule has 1 amide bonds. The van der Waals surface area contributed by atoms with Gasteiger partial charge in [0.05, 0.1) is 5.25 Å². The summed E-state index contributed by atoms with van der Waals surface area (Å²) < 4.78 is 25.8. The lowest BCUT2D eigenvalue weighted by Gasteiger charge is -2.37. The van der Waals surface area contributed by atoms with Crippen molar-refractivity contribution in [3.63, 3.8) is 0 Å². The van der Waals surface area contributed by atoms with E-state index in [9.17, 15) is 13.2 Å². The van der Waals surface area contributed by atoms with Crippen molar-refractivity contribution in [3.05, 3.63) is 0 Å². The summed E-state index contributed by atoms with van der Waals surface area (Å²) in [6, 6.07) is 0. The average Bonchev–Trinajstić information content (AvgIpc) is 2.47. The van der Waals surface area contributed by atoms with Crippen LogP contribution >= 0.6 is 0 Å². The van der Waals surface area contributed by atoms with Crippen LogP contribution in [0.2, 0.25) is 0 Å². The molecule has 2 aliphatic rings. The summed E-state index contributed by atoms with van der Waals surface area (Å²) in [7, 11) is -1.11. The van der Waals surface area contributed by atoms with Gasteiger partial charge in [0.25, 0.3) is 0 Å². The number of piperidine rings is 1. The molecule has 0 aromatic heterocycles. The van der Waals surface area contributed by atoms with Gasteiger partial charge in [0.1, 0.15) is 0 Å². The fraction of sp³-hybridized carbons (Fsp3) is 0.929. The van der Waals surface area contributed by atoms with E-state index < -0.39 is 10.0 Å². The highest BCUT2D eigenvalue weighted by Gasteiger charge is 2.34. The lowest BCUT2D eigenvalue weighted by atomic mass is 9.96. The van der Waals surface area contributed by atoms with Crippen LogP contribution in [0.25, 0.3) is 0 Å². The lowest BCUT2D eigenvalue weighted by molar-refractivity contribution is -0.138. The summed E-state index contributed by atoms with van der Waals surface area (Å²) in [6.45, 7) is 7.79. The van der Waals surface area contributed by atoms with Crippen molar-refractivity contribution in [3.8, 4) is 0 Å². The third kappa shape index (κ3) is 3.76. The zero-order valence-electron chi connectivity index (χ0n) is 13.3. The van der Waals surface area contributed by atoms with E-state index in [1.807, 2.05) is 4.90 Å². The Bertz CT molecular complexity index is 462. The van der Waals surface area contributed by atoms with E-state index in [-0.39, 0.29) is 17.1 Å². The fourth-order valence-corrected chi connectivity index (χ4v) is 4.26. The minimum atomic E-state index is -3.18. The number of hydrogen-bond acceptors (Lipinski definition) is 4. The highest BCUT2D eigenvalue weighted by atomic mass is 32.2. The Labute approximate surface area is 128 Å². The molecule has 2 heterocycles. The highest BCUT2D eigenvalue weighted by Crippen LogP contribution is 2.23. The van der Waals surface area contributed by atoms with Crippen LogP contribution in [0.1, 0.15) is 26.7 Å². The molecule has 0 aromatic rings. The van der Waals surface area contributed by atoms with E-state index >= 15 is 0 Å². The van der Waals surface area contributed by atoms with E-state index in [1.54, 1.807) is 18.2 Å². The molecule has 0 radical (unpaired) electrons. The van der Waals surface area contributed by atoms with Gasteiger partial charge >= 0.3 is 0 Å². The zero-order valence-corrected chi connectivity index (χ0v) is 14.1. The second-order valence-corrected chi connectivity index (χ2v) is 8.88. The van der Waals surface area contributed by atoms with Crippen molar-refractivity contribution in [1.29, 1.82) is 0 Å². The first kappa shape index (κ1) is 16.7. The van der Waals surface area contributed by atoms with E-state index in [1.165, 1.54) is 0 Å². The Hall–Kier alpha value is -0.660. The number of hydrogen-bond donors (Lipinski definition) is 0. The lowest BCUT2D eigenvalue weighted by Crippen LogP contribution is -2.51. The van der Waals surface area contributed by atoms with Gasteiger partial charge in [-0.15, -0.1) is 0 Å². The van der Waals surface area contributed by atoms with E-state index in [0.717, 1.165) is 26.2 Å². The average molecular weight is 317 g/mol. The van der Waals surface area contributed by atoms with Crippen LogP contribution in [0.3, 0.4) is 0 Å². The van der Waals surface area contributed by atoms with Gasteiger partial charge in [-0.2, -0.15) is 0 Å². The van der Waals surface area contributed by atoms with Gasteiger partial charge in [-0.3, -0.25) is 4.79 Å². The minimum absolute atomic E-state index is 0.00739. The summed E-state index contributed by atoms with van der Waals surface area (Å²) in [5.41, 5.74) is 0. The Morgan fingerprint density at radius 1 is 1.00 bits per heavy atom. The smallest absolute Gasteiger partial charge is 0.225 e. The van der Waals surface area contributed by atoms with E-state index in [4.69, 9.17) is 0 Å². The fourth-order valence-electron chi connectivity index (χ4n) is 2.94. The van der Waals surface area contributed by atoms with Crippen LogP contribution in [0.15, 0.2) is 0 Å². The summed E-state index contributed by atoms with van der Waals surface area (Å²) in [5.74, 6) is 0.205. The summed E-state index contributed by atoms with van der Waals surface area (Å²) in [4.78, 5) is 16.7. The number of nitrogens with zero attached hydrogens (tertiary/aromatic N) is 3. The summed E-state index contributed by atoms with van der Waals surface area (Å²) in [6.07, 6.45) is 1.30. The number of amides is 1. The number of piperazine rings is 1. The largest absolute Gasteiger partial charge is 0.340 e. The SMILES string of the molecule is CC(C)S(=O)(=O)N1CCC(C(=O)N2CCN(C)CC2)CC1. The van der Waals surface area contributed by atoms with Crippen molar-refractivity contribution in [2.45, 2.75) is 31.9 Å². The molecule has 2 aliphatic heterocycles. The maximum atomic E-state index is 12.5. The molecule has 6 nitrogen and oxygen atoms in total. The predicted octanol–water partition coefficient (Wildman–Crippen LogP) is 0.211. The monoisotopic (exact) mass is 317 g/mol. The Balaban J connectivity index is 1.88. The topological polar surface area (TPSA) is 60.9 Å². The second-order valence-electron chi connectivity index (χ2n) is 6.40. The van der Waals surface area contributed by atoms with Crippen molar-refractivity contribution >= 4 is 15.9 Å². The molecule has 7 heteroatoms. The molecule has 0 unspecified atom stereocenters. The van der Waals surface area contributed by atoms with Gasteiger partial charge < -0.3 is 9.80 Å². The first-order valence-corrected chi connectivity index (χ1v) is 9.29. The predicted molar refractivity (Wildman–Crippen MR) is 82.4 cm³/mol. The molecule has 0 aromatic carbocycles. The van der Waals surface area contributed by atoms with Crippen molar-refractivity contribution in [2.75, 3.05) is 46.3 Å². The highest BCUT2D eigenvalue weighted by molar-refractivity contribution is 7.89. The molecular formula is C14H27N3O3S. The number of rotatable bonds is 3. The van der Waals surface area contributed by atoms with E-state index in [2.05, 4.69) is 11.9 Å². The molecule has 122 valence electrons. The molecular weight excluding hydrogens is 290 g/mol.